The second kappa shape index (κ2) is 8.03. The Hall–Kier alpha value is -1.99. The molecule has 5 atom stereocenters. The highest BCUT2D eigenvalue weighted by Gasteiger charge is 2.65. The van der Waals surface area contributed by atoms with Crippen LogP contribution < -0.4 is 10.6 Å². The smallest absolute Gasteiger partial charge is 0.245 e. The summed E-state index contributed by atoms with van der Waals surface area (Å²) in [4.78, 5) is 24.9. The molecule has 0 saturated heterocycles. The van der Waals surface area contributed by atoms with E-state index >= 15 is 0 Å². The van der Waals surface area contributed by atoms with Gasteiger partial charge in [0.15, 0.2) is 0 Å². The van der Waals surface area contributed by atoms with Crippen molar-refractivity contribution >= 4 is 11.8 Å². The SMILES string of the molecule is CC1(C)C2CCC1(C)C(O)C2CC(=O)N[C@@H](CO)C(=O)NCc1ccc(F)cc1. The number of benzene rings is 1. The van der Waals surface area contributed by atoms with Crippen LogP contribution in [0.25, 0.3) is 0 Å². The zero-order valence-corrected chi connectivity index (χ0v) is 17.2. The quantitative estimate of drug-likeness (QED) is 0.554. The Morgan fingerprint density at radius 3 is 2.45 bits per heavy atom. The number of halogens is 1. The van der Waals surface area contributed by atoms with Crippen LogP contribution in [0, 0.1) is 28.5 Å². The number of carbonyl (C=O) groups is 2. The summed E-state index contributed by atoms with van der Waals surface area (Å²) in [6.45, 7) is 6.05. The van der Waals surface area contributed by atoms with E-state index in [2.05, 4.69) is 31.4 Å². The van der Waals surface area contributed by atoms with Crippen LogP contribution in [-0.4, -0.2) is 40.8 Å². The molecule has 2 bridgehead atoms. The first kappa shape index (κ1) is 21.7. The molecule has 2 aliphatic rings. The molecule has 0 spiro atoms. The number of hydrogen-bond acceptors (Lipinski definition) is 4. The van der Waals surface area contributed by atoms with E-state index < -0.39 is 24.7 Å². The third kappa shape index (κ3) is 3.90. The summed E-state index contributed by atoms with van der Waals surface area (Å²) < 4.78 is 12.9. The Bertz CT molecular complexity index is 767. The van der Waals surface area contributed by atoms with Gasteiger partial charge in [0, 0.05) is 13.0 Å². The summed E-state index contributed by atoms with van der Waals surface area (Å²) in [5, 5.41) is 25.6. The molecule has 6 nitrogen and oxygen atoms in total. The lowest BCUT2D eigenvalue weighted by molar-refractivity contribution is -0.131. The number of fused-ring (bicyclic) bond motifs is 2. The molecule has 0 radical (unpaired) electrons. The summed E-state index contributed by atoms with van der Waals surface area (Å²) in [6, 6.07) is 4.65. The van der Waals surface area contributed by atoms with Gasteiger partial charge in [-0.1, -0.05) is 32.9 Å². The minimum Gasteiger partial charge on any atom is -0.394 e. The predicted molar refractivity (Wildman–Crippen MR) is 106 cm³/mol. The summed E-state index contributed by atoms with van der Waals surface area (Å²) in [5.74, 6) is -1.11. The van der Waals surface area contributed by atoms with E-state index in [9.17, 15) is 24.2 Å². The van der Waals surface area contributed by atoms with Crippen LogP contribution in [0.4, 0.5) is 4.39 Å². The molecular formula is C22H31FN2O4. The Balaban J connectivity index is 1.55. The van der Waals surface area contributed by atoms with E-state index in [0.29, 0.717) is 5.56 Å². The molecule has 2 saturated carbocycles. The summed E-state index contributed by atoms with van der Waals surface area (Å²) in [5.41, 5.74) is 0.467. The molecule has 0 heterocycles. The van der Waals surface area contributed by atoms with Gasteiger partial charge in [-0.15, -0.1) is 0 Å². The first-order chi connectivity index (χ1) is 13.6. The van der Waals surface area contributed by atoms with Crippen LogP contribution in [0.5, 0.6) is 0 Å². The maximum absolute atomic E-state index is 12.9. The van der Waals surface area contributed by atoms with Gasteiger partial charge >= 0.3 is 0 Å². The number of nitrogens with one attached hydrogen (secondary N) is 2. The van der Waals surface area contributed by atoms with Crippen LogP contribution in [-0.2, 0) is 16.1 Å². The number of aliphatic hydroxyl groups is 2. The second-order valence-electron chi connectivity index (χ2n) is 9.24. The summed E-state index contributed by atoms with van der Waals surface area (Å²) in [7, 11) is 0. The molecule has 1 aromatic carbocycles. The van der Waals surface area contributed by atoms with Crippen LogP contribution in [0.15, 0.2) is 24.3 Å². The normalized spacial score (nSPS) is 30.8. The van der Waals surface area contributed by atoms with Crippen molar-refractivity contribution < 1.29 is 24.2 Å². The van der Waals surface area contributed by atoms with Crippen LogP contribution in [0.2, 0.25) is 0 Å². The molecule has 1 aromatic rings. The first-order valence-corrected chi connectivity index (χ1v) is 10.2. The van der Waals surface area contributed by atoms with E-state index in [0.717, 1.165) is 12.8 Å². The van der Waals surface area contributed by atoms with Gasteiger partial charge in [-0.2, -0.15) is 0 Å². The number of rotatable bonds is 7. The second-order valence-corrected chi connectivity index (χ2v) is 9.24. The summed E-state index contributed by atoms with van der Waals surface area (Å²) >= 11 is 0. The van der Waals surface area contributed by atoms with Gasteiger partial charge in [0.2, 0.25) is 11.8 Å². The predicted octanol–water partition coefficient (Wildman–Crippen LogP) is 1.74. The lowest BCUT2D eigenvalue weighted by atomic mass is 9.70. The van der Waals surface area contributed by atoms with Crippen molar-refractivity contribution in [2.24, 2.45) is 22.7 Å². The minimum atomic E-state index is -1.07. The molecule has 2 aliphatic carbocycles. The first-order valence-electron chi connectivity index (χ1n) is 10.2. The third-order valence-corrected chi connectivity index (χ3v) is 7.58. The molecule has 4 N–H and O–H groups in total. The van der Waals surface area contributed by atoms with Gasteiger partial charge < -0.3 is 20.8 Å². The zero-order valence-electron chi connectivity index (χ0n) is 17.2. The van der Waals surface area contributed by atoms with Crippen LogP contribution in [0.3, 0.4) is 0 Å². The molecule has 29 heavy (non-hydrogen) atoms. The third-order valence-electron chi connectivity index (χ3n) is 7.58. The lowest BCUT2D eigenvalue weighted by Crippen LogP contribution is -2.49. The standard InChI is InChI=1S/C22H31FN2O4/c1-21(2)16-8-9-22(21,3)19(28)15(16)10-18(27)25-17(12-26)20(29)24-11-13-4-6-14(23)7-5-13/h4-7,15-17,19,26,28H,8-12H2,1-3H3,(H,24,29)(H,25,27)/t15?,16?,17-,19?,22?/m0/s1. The van der Waals surface area contributed by atoms with Gasteiger partial charge in [-0.25, -0.2) is 4.39 Å². The number of aliphatic hydroxyl groups excluding tert-OH is 2. The fourth-order valence-corrected chi connectivity index (χ4v) is 5.36. The zero-order chi connectivity index (χ0) is 21.4. The van der Waals surface area contributed by atoms with Gasteiger partial charge in [0.25, 0.3) is 0 Å². The highest BCUT2D eigenvalue weighted by Crippen LogP contribution is 2.68. The molecule has 4 unspecified atom stereocenters. The highest BCUT2D eigenvalue weighted by atomic mass is 19.1. The van der Waals surface area contributed by atoms with Crippen molar-refractivity contribution in [3.05, 3.63) is 35.6 Å². The monoisotopic (exact) mass is 406 g/mol. The number of carbonyl (C=O) groups excluding carboxylic acids is 2. The maximum Gasteiger partial charge on any atom is 0.245 e. The van der Waals surface area contributed by atoms with Gasteiger partial charge in [0.05, 0.1) is 12.7 Å². The van der Waals surface area contributed by atoms with Crippen LogP contribution in [0.1, 0.15) is 45.6 Å². The van der Waals surface area contributed by atoms with E-state index in [1.165, 1.54) is 12.1 Å². The fourth-order valence-electron chi connectivity index (χ4n) is 5.36. The average molecular weight is 406 g/mol. The highest BCUT2D eigenvalue weighted by molar-refractivity contribution is 5.87. The maximum atomic E-state index is 12.9. The Labute approximate surface area is 170 Å². The van der Waals surface area contributed by atoms with Gasteiger partial charge in [-0.3, -0.25) is 9.59 Å². The molecule has 160 valence electrons. The van der Waals surface area contributed by atoms with Crippen molar-refractivity contribution in [3.8, 4) is 0 Å². The minimum absolute atomic E-state index is 0.0414. The average Bonchev–Trinajstić information content (AvgIpc) is 2.99. The fraction of sp³-hybridized carbons (Fsp3) is 0.636. The molecule has 2 fully saturated rings. The van der Waals surface area contributed by atoms with E-state index in [-0.39, 0.29) is 47.4 Å². The van der Waals surface area contributed by atoms with Gasteiger partial charge in [-0.05, 0) is 53.2 Å². The summed E-state index contributed by atoms with van der Waals surface area (Å²) in [6.07, 6.45) is 1.52. The number of hydrogen-bond donors (Lipinski definition) is 4. The van der Waals surface area contributed by atoms with Gasteiger partial charge in [0.1, 0.15) is 11.9 Å². The van der Waals surface area contributed by atoms with Crippen molar-refractivity contribution in [1.29, 1.82) is 0 Å². The molecule has 0 aliphatic heterocycles. The Kier molecular flexibility index (Phi) is 6.01. The van der Waals surface area contributed by atoms with Crippen molar-refractivity contribution in [2.45, 2.75) is 58.7 Å². The lowest BCUT2D eigenvalue weighted by Gasteiger charge is -2.37. The van der Waals surface area contributed by atoms with E-state index in [1.54, 1.807) is 12.1 Å². The van der Waals surface area contributed by atoms with E-state index in [1.807, 2.05) is 0 Å². The number of amides is 2. The largest absolute Gasteiger partial charge is 0.394 e. The topological polar surface area (TPSA) is 98.7 Å². The molecule has 2 amide bonds. The van der Waals surface area contributed by atoms with E-state index in [4.69, 9.17) is 0 Å². The molecule has 7 heteroatoms. The Morgan fingerprint density at radius 2 is 1.90 bits per heavy atom. The van der Waals surface area contributed by atoms with Crippen molar-refractivity contribution in [3.63, 3.8) is 0 Å². The van der Waals surface area contributed by atoms with Crippen LogP contribution >= 0.6 is 0 Å². The molecule has 3 rings (SSSR count). The van der Waals surface area contributed by atoms with Crippen molar-refractivity contribution in [1.82, 2.24) is 10.6 Å². The molecular weight excluding hydrogens is 375 g/mol. The molecule has 0 aromatic heterocycles. The van der Waals surface area contributed by atoms with Crippen molar-refractivity contribution in [2.75, 3.05) is 6.61 Å². The Morgan fingerprint density at radius 1 is 1.24 bits per heavy atom.